The van der Waals surface area contributed by atoms with Crippen LogP contribution in [-0.2, 0) is 6.54 Å². The summed E-state index contributed by atoms with van der Waals surface area (Å²) < 4.78 is 26.2. The molecule has 0 aliphatic rings. The van der Waals surface area contributed by atoms with E-state index in [4.69, 9.17) is 0 Å². The Kier molecular flexibility index (Phi) is 5.44. The van der Waals surface area contributed by atoms with Crippen LogP contribution in [0.1, 0.15) is 5.56 Å². The number of hydrogen-bond donors (Lipinski definition) is 1. The van der Waals surface area contributed by atoms with Gasteiger partial charge in [-0.15, -0.1) is 23.7 Å². The highest BCUT2D eigenvalue weighted by Gasteiger charge is 2.13. The fourth-order valence-electron chi connectivity index (χ4n) is 2.64. The number of aromatic nitrogens is 2. The first-order valence-electron chi connectivity index (χ1n) is 7.67. The molecule has 0 radical (unpaired) electrons. The Hall–Kier alpha value is -2.57. The first-order valence-corrected chi connectivity index (χ1v) is 8.55. The van der Waals surface area contributed by atoms with E-state index in [0.29, 0.717) is 12.4 Å². The quantitative estimate of drug-likeness (QED) is 0.488. The van der Waals surface area contributed by atoms with E-state index in [1.807, 2.05) is 5.38 Å². The van der Waals surface area contributed by atoms with Gasteiger partial charge in [0.2, 0.25) is 0 Å². The van der Waals surface area contributed by atoms with Gasteiger partial charge in [0.25, 0.3) is 0 Å². The van der Waals surface area contributed by atoms with E-state index in [1.54, 1.807) is 24.3 Å². The van der Waals surface area contributed by atoms with Crippen LogP contribution >= 0.6 is 23.7 Å². The molecule has 0 saturated heterocycles. The molecule has 4 rings (SSSR count). The Morgan fingerprint density at radius 3 is 2.23 bits per heavy atom. The van der Waals surface area contributed by atoms with Crippen LogP contribution in [0.4, 0.5) is 14.6 Å². The van der Waals surface area contributed by atoms with Gasteiger partial charge in [-0.25, -0.2) is 18.7 Å². The lowest BCUT2D eigenvalue weighted by Gasteiger charge is -2.08. The molecule has 2 aromatic carbocycles. The van der Waals surface area contributed by atoms with Crippen molar-refractivity contribution in [3.63, 3.8) is 0 Å². The van der Waals surface area contributed by atoms with Crippen LogP contribution < -0.4 is 5.32 Å². The number of hydrogen-bond acceptors (Lipinski definition) is 4. The molecule has 0 atom stereocenters. The minimum atomic E-state index is -0.269. The summed E-state index contributed by atoms with van der Waals surface area (Å²) in [5, 5.41) is 6.19. The molecule has 1 N–H and O–H groups in total. The number of nitrogens with zero attached hydrogens (tertiary/aromatic N) is 2. The molecule has 2 heterocycles. The third-order valence-electron chi connectivity index (χ3n) is 3.90. The van der Waals surface area contributed by atoms with Crippen LogP contribution in [0, 0.1) is 11.6 Å². The Labute approximate surface area is 159 Å². The molecule has 0 bridgehead atoms. The zero-order chi connectivity index (χ0) is 17.2. The summed E-state index contributed by atoms with van der Waals surface area (Å²) in [4.78, 5) is 9.53. The SMILES string of the molecule is Cl.Fc1ccc(CNc2ncnc3scc(-c4ccc(F)cc4)c23)cc1. The maximum Gasteiger partial charge on any atom is 0.139 e. The molecule has 2 aromatic heterocycles. The Morgan fingerprint density at radius 1 is 0.885 bits per heavy atom. The lowest BCUT2D eigenvalue weighted by molar-refractivity contribution is 0.627. The molecule has 132 valence electrons. The van der Waals surface area contributed by atoms with Crippen molar-refractivity contribution in [1.29, 1.82) is 0 Å². The molecular weight excluding hydrogens is 376 g/mol. The van der Waals surface area contributed by atoms with Crippen LogP contribution in [-0.4, -0.2) is 9.97 Å². The highest BCUT2D eigenvalue weighted by molar-refractivity contribution is 7.17. The molecule has 3 nitrogen and oxygen atoms in total. The van der Waals surface area contributed by atoms with Crippen molar-refractivity contribution < 1.29 is 8.78 Å². The summed E-state index contributed by atoms with van der Waals surface area (Å²) in [6, 6.07) is 12.7. The lowest BCUT2D eigenvalue weighted by Crippen LogP contribution is -2.02. The largest absolute Gasteiger partial charge is 0.365 e. The minimum Gasteiger partial charge on any atom is -0.365 e. The molecule has 0 fully saturated rings. The van der Waals surface area contributed by atoms with Gasteiger partial charge in [0.05, 0.1) is 5.39 Å². The number of anilines is 1. The molecular formula is C19H14ClF2N3S. The molecule has 0 spiro atoms. The van der Waals surface area contributed by atoms with Crippen molar-refractivity contribution in [3.8, 4) is 11.1 Å². The topological polar surface area (TPSA) is 37.8 Å². The van der Waals surface area contributed by atoms with Crippen molar-refractivity contribution in [1.82, 2.24) is 9.97 Å². The van der Waals surface area contributed by atoms with Crippen molar-refractivity contribution >= 4 is 39.8 Å². The molecule has 4 aromatic rings. The van der Waals surface area contributed by atoms with Crippen molar-refractivity contribution in [3.05, 3.63) is 77.4 Å². The van der Waals surface area contributed by atoms with Crippen LogP contribution in [0.25, 0.3) is 21.3 Å². The van der Waals surface area contributed by atoms with Crippen molar-refractivity contribution in [2.45, 2.75) is 6.54 Å². The van der Waals surface area contributed by atoms with Gasteiger partial charge in [-0.2, -0.15) is 0 Å². The van der Waals surface area contributed by atoms with Gasteiger partial charge in [0.15, 0.2) is 0 Å². The maximum atomic E-state index is 13.2. The van der Waals surface area contributed by atoms with Gasteiger partial charge in [-0.1, -0.05) is 24.3 Å². The van der Waals surface area contributed by atoms with Gasteiger partial charge in [-0.05, 0) is 35.4 Å². The van der Waals surface area contributed by atoms with E-state index in [-0.39, 0.29) is 24.0 Å². The highest BCUT2D eigenvalue weighted by Crippen LogP contribution is 2.36. The number of benzene rings is 2. The monoisotopic (exact) mass is 389 g/mol. The predicted octanol–water partition coefficient (Wildman–Crippen LogP) is 5.67. The first kappa shape index (κ1) is 18.2. The van der Waals surface area contributed by atoms with Crippen LogP contribution in [0.5, 0.6) is 0 Å². The zero-order valence-corrected chi connectivity index (χ0v) is 15.1. The van der Waals surface area contributed by atoms with E-state index >= 15 is 0 Å². The number of rotatable bonds is 4. The maximum absolute atomic E-state index is 13.2. The minimum absolute atomic E-state index is 0. The number of nitrogens with one attached hydrogen (secondary N) is 1. The Morgan fingerprint density at radius 2 is 1.54 bits per heavy atom. The second-order valence-electron chi connectivity index (χ2n) is 5.54. The average molecular weight is 390 g/mol. The zero-order valence-electron chi connectivity index (χ0n) is 13.4. The van der Waals surface area contributed by atoms with Crippen LogP contribution in [0.15, 0.2) is 60.2 Å². The summed E-state index contributed by atoms with van der Waals surface area (Å²) in [6.07, 6.45) is 1.51. The Balaban J connectivity index is 0.00000196. The lowest BCUT2D eigenvalue weighted by atomic mass is 10.1. The molecule has 0 unspecified atom stereocenters. The van der Waals surface area contributed by atoms with E-state index in [9.17, 15) is 8.78 Å². The van der Waals surface area contributed by atoms with E-state index in [1.165, 1.54) is 41.9 Å². The number of fused-ring (bicyclic) bond motifs is 1. The molecule has 0 aliphatic carbocycles. The summed E-state index contributed by atoms with van der Waals surface area (Å²) in [5.74, 6) is 0.175. The van der Waals surface area contributed by atoms with Gasteiger partial charge in [0, 0.05) is 17.5 Å². The fraction of sp³-hybridized carbons (Fsp3) is 0.0526. The van der Waals surface area contributed by atoms with E-state index in [2.05, 4.69) is 15.3 Å². The Bertz CT molecular complexity index is 1020. The van der Waals surface area contributed by atoms with Gasteiger partial charge >= 0.3 is 0 Å². The van der Waals surface area contributed by atoms with Crippen molar-refractivity contribution in [2.75, 3.05) is 5.32 Å². The van der Waals surface area contributed by atoms with Gasteiger partial charge < -0.3 is 5.32 Å². The first-order chi connectivity index (χ1) is 12.2. The smallest absolute Gasteiger partial charge is 0.139 e. The second-order valence-corrected chi connectivity index (χ2v) is 6.40. The van der Waals surface area contributed by atoms with E-state index < -0.39 is 0 Å². The van der Waals surface area contributed by atoms with Crippen LogP contribution in [0.2, 0.25) is 0 Å². The fourth-order valence-corrected chi connectivity index (χ4v) is 3.56. The van der Waals surface area contributed by atoms with Gasteiger partial charge in [-0.3, -0.25) is 0 Å². The highest BCUT2D eigenvalue weighted by atomic mass is 35.5. The molecule has 7 heteroatoms. The van der Waals surface area contributed by atoms with E-state index in [0.717, 1.165) is 26.9 Å². The number of halogens is 3. The average Bonchev–Trinajstić information content (AvgIpc) is 3.07. The summed E-state index contributed by atoms with van der Waals surface area (Å²) in [5.41, 5.74) is 2.82. The standard InChI is InChI=1S/C19H13F2N3S.ClH/c20-14-5-1-12(2-6-14)9-22-18-17-16(10-25-19(17)24-11-23-18)13-3-7-15(21)8-4-13;/h1-8,10-11H,9H2,(H,22,23,24);1H. The summed E-state index contributed by atoms with van der Waals surface area (Å²) in [6.45, 7) is 0.519. The third-order valence-corrected chi connectivity index (χ3v) is 4.79. The molecule has 0 aliphatic heterocycles. The molecule has 0 amide bonds. The molecule has 26 heavy (non-hydrogen) atoms. The van der Waals surface area contributed by atoms with Crippen LogP contribution in [0.3, 0.4) is 0 Å². The predicted molar refractivity (Wildman–Crippen MR) is 104 cm³/mol. The number of thiophene rings is 1. The molecule has 0 saturated carbocycles. The summed E-state index contributed by atoms with van der Waals surface area (Å²) >= 11 is 1.52. The normalized spacial score (nSPS) is 10.5. The van der Waals surface area contributed by atoms with Crippen molar-refractivity contribution in [2.24, 2.45) is 0 Å². The second kappa shape index (κ2) is 7.76. The third kappa shape index (κ3) is 3.66. The van der Waals surface area contributed by atoms with Gasteiger partial charge in [0.1, 0.15) is 28.6 Å². The summed E-state index contributed by atoms with van der Waals surface area (Å²) in [7, 11) is 0.